The van der Waals surface area contributed by atoms with Gasteiger partial charge in [-0.2, -0.15) is 8.78 Å². The molecular formula is C17H14ClF2N3O2S. The van der Waals surface area contributed by atoms with E-state index in [4.69, 9.17) is 16.3 Å². The summed E-state index contributed by atoms with van der Waals surface area (Å²) in [6, 6.07) is 11.4. The van der Waals surface area contributed by atoms with E-state index in [9.17, 15) is 13.6 Å². The number of fused-ring (bicyclic) bond motifs is 1. The Morgan fingerprint density at radius 1 is 1.35 bits per heavy atom. The first-order chi connectivity index (χ1) is 12.5. The van der Waals surface area contributed by atoms with Gasteiger partial charge in [-0.25, -0.2) is 4.98 Å². The number of nitrogens with one attached hydrogen (secondary N) is 1. The van der Waals surface area contributed by atoms with Crippen molar-refractivity contribution < 1.29 is 18.3 Å². The number of amides is 1. The van der Waals surface area contributed by atoms with Crippen LogP contribution in [0, 0.1) is 0 Å². The van der Waals surface area contributed by atoms with Crippen LogP contribution < -0.4 is 10.1 Å². The Morgan fingerprint density at radius 3 is 2.85 bits per heavy atom. The molecule has 0 aliphatic heterocycles. The molecule has 136 valence electrons. The number of hydrogen-bond donors (Lipinski definition) is 1. The van der Waals surface area contributed by atoms with Crippen LogP contribution in [0.15, 0.2) is 47.6 Å². The Balaban J connectivity index is 1.75. The molecule has 0 atom stereocenters. The number of carbonyl (C=O) groups is 1. The molecule has 26 heavy (non-hydrogen) atoms. The number of anilines is 1. The zero-order valence-corrected chi connectivity index (χ0v) is 15.2. The lowest BCUT2D eigenvalue weighted by Crippen LogP contribution is -2.15. The molecule has 0 fully saturated rings. The van der Waals surface area contributed by atoms with Crippen LogP contribution in [0.5, 0.6) is 5.75 Å². The molecule has 0 radical (unpaired) electrons. The number of methoxy groups -OCH3 is 1. The van der Waals surface area contributed by atoms with Crippen LogP contribution in [-0.4, -0.2) is 28.3 Å². The summed E-state index contributed by atoms with van der Waals surface area (Å²) in [6.07, 6.45) is 0. The maximum Gasteiger partial charge on any atom is 0.321 e. The van der Waals surface area contributed by atoms with Crippen LogP contribution in [0.2, 0.25) is 5.02 Å². The van der Waals surface area contributed by atoms with Crippen molar-refractivity contribution in [1.29, 1.82) is 0 Å². The van der Waals surface area contributed by atoms with Gasteiger partial charge in [0.25, 0.3) is 0 Å². The van der Waals surface area contributed by atoms with E-state index >= 15 is 0 Å². The van der Waals surface area contributed by atoms with Gasteiger partial charge in [0.2, 0.25) is 5.91 Å². The molecule has 0 aliphatic rings. The number of hydrogen-bond acceptors (Lipinski definition) is 4. The fraction of sp³-hybridized carbons (Fsp3) is 0.176. The second-order valence-electron chi connectivity index (χ2n) is 5.21. The molecule has 0 saturated carbocycles. The number of rotatable bonds is 6. The molecule has 0 spiro atoms. The molecule has 1 N–H and O–H groups in total. The van der Waals surface area contributed by atoms with Crippen molar-refractivity contribution in [2.45, 2.75) is 11.7 Å². The lowest BCUT2D eigenvalue weighted by atomic mass is 10.3. The van der Waals surface area contributed by atoms with Crippen molar-refractivity contribution in [3.05, 3.63) is 47.5 Å². The average Bonchev–Trinajstić information content (AvgIpc) is 2.99. The summed E-state index contributed by atoms with van der Waals surface area (Å²) in [7, 11) is 1.47. The fourth-order valence-corrected chi connectivity index (χ4v) is 3.39. The van der Waals surface area contributed by atoms with Gasteiger partial charge < -0.3 is 10.1 Å². The summed E-state index contributed by atoms with van der Waals surface area (Å²) in [5.74, 6) is -0.0258. The van der Waals surface area contributed by atoms with E-state index in [1.54, 1.807) is 42.5 Å². The van der Waals surface area contributed by atoms with Gasteiger partial charge in [-0.05, 0) is 30.3 Å². The number of para-hydroxylation sites is 2. The largest absolute Gasteiger partial charge is 0.495 e. The van der Waals surface area contributed by atoms with Crippen LogP contribution in [0.3, 0.4) is 0 Å². The van der Waals surface area contributed by atoms with Gasteiger partial charge in [0, 0.05) is 5.02 Å². The number of nitrogens with zero attached hydrogens (tertiary/aromatic N) is 2. The molecule has 1 heterocycles. The van der Waals surface area contributed by atoms with Crippen LogP contribution in [0.1, 0.15) is 6.55 Å². The SMILES string of the molecule is COc1ccc(Cl)cc1NC(=O)CSc1nc2ccccc2n1C(F)F. The van der Waals surface area contributed by atoms with Gasteiger partial charge in [0.05, 0.1) is 29.6 Å². The molecule has 1 amide bonds. The van der Waals surface area contributed by atoms with E-state index in [1.165, 1.54) is 7.11 Å². The van der Waals surface area contributed by atoms with Crippen molar-refractivity contribution >= 4 is 46.0 Å². The van der Waals surface area contributed by atoms with Gasteiger partial charge in [-0.3, -0.25) is 9.36 Å². The minimum atomic E-state index is -2.75. The van der Waals surface area contributed by atoms with E-state index in [2.05, 4.69) is 10.3 Å². The highest BCUT2D eigenvalue weighted by Crippen LogP contribution is 2.30. The zero-order chi connectivity index (χ0) is 18.7. The van der Waals surface area contributed by atoms with E-state index < -0.39 is 6.55 Å². The van der Waals surface area contributed by atoms with Crippen molar-refractivity contribution in [3.63, 3.8) is 0 Å². The highest BCUT2D eigenvalue weighted by Gasteiger charge is 2.19. The van der Waals surface area contributed by atoms with Gasteiger partial charge in [-0.1, -0.05) is 35.5 Å². The number of thioether (sulfide) groups is 1. The van der Waals surface area contributed by atoms with Crippen LogP contribution in [0.4, 0.5) is 14.5 Å². The first-order valence-electron chi connectivity index (χ1n) is 7.51. The number of alkyl halides is 2. The van der Waals surface area contributed by atoms with Crippen molar-refractivity contribution in [2.24, 2.45) is 0 Å². The van der Waals surface area contributed by atoms with E-state index in [-0.39, 0.29) is 16.8 Å². The number of ether oxygens (including phenoxy) is 1. The minimum Gasteiger partial charge on any atom is -0.495 e. The maximum absolute atomic E-state index is 13.4. The fourth-order valence-electron chi connectivity index (χ4n) is 2.41. The summed E-state index contributed by atoms with van der Waals surface area (Å²) < 4.78 is 32.7. The third kappa shape index (κ3) is 3.91. The maximum atomic E-state index is 13.4. The molecule has 3 rings (SSSR count). The topological polar surface area (TPSA) is 56.1 Å². The first kappa shape index (κ1) is 18.5. The lowest BCUT2D eigenvalue weighted by molar-refractivity contribution is -0.113. The molecule has 1 aromatic heterocycles. The molecule has 0 bridgehead atoms. The van der Waals surface area contributed by atoms with E-state index in [1.807, 2.05) is 0 Å². The van der Waals surface area contributed by atoms with Gasteiger partial charge in [-0.15, -0.1) is 0 Å². The van der Waals surface area contributed by atoms with Crippen molar-refractivity contribution in [2.75, 3.05) is 18.2 Å². The van der Waals surface area contributed by atoms with Gasteiger partial charge in [0.15, 0.2) is 5.16 Å². The highest BCUT2D eigenvalue weighted by molar-refractivity contribution is 7.99. The zero-order valence-electron chi connectivity index (χ0n) is 13.6. The summed E-state index contributed by atoms with van der Waals surface area (Å²) in [4.78, 5) is 16.4. The van der Waals surface area contributed by atoms with Crippen LogP contribution in [0.25, 0.3) is 11.0 Å². The number of benzene rings is 2. The third-order valence-corrected chi connectivity index (χ3v) is 4.71. The quantitative estimate of drug-likeness (QED) is 0.605. The third-order valence-electron chi connectivity index (χ3n) is 3.53. The molecular weight excluding hydrogens is 384 g/mol. The molecule has 2 aromatic carbocycles. The van der Waals surface area contributed by atoms with Gasteiger partial charge in [0.1, 0.15) is 5.75 Å². The Hall–Kier alpha value is -2.32. The highest BCUT2D eigenvalue weighted by atomic mass is 35.5. The summed E-state index contributed by atoms with van der Waals surface area (Å²) >= 11 is 6.85. The predicted octanol–water partition coefficient (Wildman–Crippen LogP) is 4.82. The van der Waals surface area contributed by atoms with E-state index in [0.29, 0.717) is 27.5 Å². The van der Waals surface area contributed by atoms with Crippen molar-refractivity contribution in [3.8, 4) is 5.75 Å². The molecule has 9 heteroatoms. The molecule has 0 saturated heterocycles. The smallest absolute Gasteiger partial charge is 0.321 e. The molecule has 5 nitrogen and oxygen atoms in total. The Bertz CT molecular complexity index is 949. The van der Waals surface area contributed by atoms with Gasteiger partial charge >= 0.3 is 6.55 Å². The molecule has 3 aromatic rings. The first-order valence-corrected chi connectivity index (χ1v) is 8.87. The van der Waals surface area contributed by atoms with Crippen LogP contribution in [-0.2, 0) is 4.79 Å². The van der Waals surface area contributed by atoms with Crippen LogP contribution >= 0.6 is 23.4 Å². The van der Waals surface area contributed by atoms with Crippen molar-refractivity contribution in [1.82, 2.24) is 9.55 Å². The summed E-state index contributed by atoms with van der Waals surface area (Å²) in [5, 5.41) is 3.18. The normalized spacial score (nSPS) is 11.1. The Labute approximate surface area is 157 Å². The second kappa shape index (κ2) is 7.92. The average molecular weight is 398 g/mol. The number of aromatic nitrogens is 2. The predicted molar refractivity (Wildman–Crippen MR) is 98.3 cm³/mol. The monoisotopic (exact) mass is 397 g/mol. The standard InChI is InChI=1S/C17H14ClF2N3O2S/c1-25-14-7-6-10(18)8-12(14)21-15(24)9-26-17-22-11-4-2-3-5-13(11)23(17)16(19)20/h2-8,16H,9H2,1H3,(H,21,24). The Morgan fingerprint density at radius 2 is 2.12 bits per heavy atom. The number of imidazole rings is 1. The Kier molecular flexibility index (Phi) is 5.63. The summed E-state index contributed by atoms with van der Waals surface area (Å²) in [5.41, 5.74) is 1.18. The lowest BCUT2D eigenvalue weighted by Gasteiger charge is -2.11. The minimum absolute atomic E-state index is 0.0782. The summed E-state index contributed by atoms with van der Waals surface area (Å²) in [6.45, 7) is -2.75. The number of carbonyl (C=O) groups excluding carboxylic acids is 1. The second-order valence-corrected chi connectivity index (χ2v) is 6.59. The van der Waals surface area contributed by atoms with E-state index in [0.717, 1.165) is 16.3 Å². The molecule has 0 unspecified atom stereocenters. The molecule has 0 aliphatic carbocycles. The number of halogens is 3.